The van der Waals surface area contributed by atoms with Gasteiger partial charge in [-0.15, -0.1) is 0 Å². The molecule has 2 amide bonds. The molecule has 0 aliphatic carbocycles. The lowest BCUT2D eigenvalue weighted by Crippen LogP contribution is -2.51. The molecule has 2 saturated heterocycles. The van der Waals surface area contributed by atoms with E-state index < -0.39 is 0 Å². The van der Waals surface area contributed by atoms with Crippen LogP contribution in [-0.2, 0) is 14.3 Å². The molecule has 138 valence electrons. The number of amides is 2. The molecular weight excluding hydrogens is 304 g/mol. The molecule has 0 aromatic carbocycles. The second kappa shape index (κ2) is 8.84. The zero-order valence-electron chi connectivity index (χ0n) is 15.6. The second-order valence-electron chi connectivity index (χ2n) is 7.98. The van der Waals surface area contributed by atoms with Crippen molar-refractivity contribution in [1.82, 2.24) is 10.2 Å². The van der Waals surface area contributed by atoms with Gasteiger partial charge in [0.25, 0.3) is 0 Å². The van der Waals surface area contributed by atoms with Crippen LogP contribution < -0.4 is 5.32 Å². The Morgan fingerprint density at radius 1 is 1.29 bits per heavy atom. The third-order valence-corrected chi connectivity index (χ3v) is 5.48. The largest absolute Gasteiger partial charge is 0.375 e. The first-order chi connectivity index (χ1) is 11.4. The number of carbonyl (C=O) groups excluding carboxylic acids is 2. The van der Waals surface area contributed by atoms with Gasteiger partial charge in [-0.25, -0.2) is 0 Å². The minimum Gasteiger partial charge on any atom is -0.375 e. The lowest BCUT2D eigenvalue weighted by molar-refractivity contribution is -0.147. The Balaban J connectivity index is 1.76. The Kier molecular flexibility index (Phi) is 7.08. The third-order valence-electron chi connectivity index (χ3n) is 5.48. The number of nitrogens with zero attached hydrogens (tertiary/aromatic N) is 1. The van der Waals surface area contributed by atoms with Gasteiger partial charge in [-0.2, -0.15) is 0 Å². The van der Waals surface area contributed by atoms with Crippen molar-refractivity contribution in [2.45, 2.75) is 71.3 Å². The van der Waals surface area contributed by atoms with Gasteiger partial charge in [0.15, 0.2) is 0 Å². The van der Waals surface area contributed by atoms with Crippen LogP contribution in [0.5, 0.6) is 0 Å². The van der Waals surface area contributed by atoms with Gasteiger partial charge >= 0.3 is 0 Å². The molecule has 0 radical (unpaired) electrons. The molecule has 1 unspecified atom stereocenters. The van der Waals surface area contributed by atoms with Crippen molar-refractivity contribution in [2.75, 3.05) is 26.2 Å². The predicted octanol–water partition coefficient (Wildman–Crippen LogP) is 2.74. The van der Waals surface area contributed by atoms with E-state index in [4.69, 9.17) is 4.74 Å². The molecule has 5 nitrogen and oxygen atoms in total. The summed E-state index contributed by atoms with van der Waals surface area (Å²) in [4.78, 5) is 25.3. The number of carbonyl (C=O) groups is 2. The van der Waals surface area contributed by atoms with Gasteiger partial charge in [0.2, 0.25) is 11.8 Å². The summed E-state index contributed by atoms with van der Waals surface area (Å²) in [6.45, 7) is 9.12. The van der Waals surface area contributed by atoms with Gasteiger partial charge < -0.3 is 15.0 Å². The van der Waals surface area contributed by atoms with Crippen LogP contribution in [0.4, 0.5) is 0 Å². The fraction of sp³-hybridized carbons (Fsp3) is 0.895. The maximum absolute atomic E-state index is 12.3. The van der Waals surface area contributed by atoms with Gasteiger partial charge in [0.05, 0.1) is 5.60 Å². The first-order valence-electron chi connectivity index (χ1n) is 9.56. The summed E-state index contributed by atoms with van der Waals surface area (Å²) in [5.74, 6) is 1.55. The third kappa shape index (κ3) is 5.76. The van der Waals surface area contributed by atoms with E-state index in [1.54, 1.807) is 6.92 Å². The highest BCUT2D eigenvalue weighted by Gasteiger charge is 2.40. The van der Waals surface area contributed by atoms with E-state index in [2.05, 4.69) is 19.2 Å². The van der Waals surface area contributed by atoms with E-state index in [0.717, 1.165) is 64.8 Å². The zero-order valence-corrected chi connectivity index (χ0v) is 15.6. The van der Waals surface area contributed by atoms with E-state index >= 15 is 0 Å². The lowest BCUT2D eigenvalue weighted by Gasteiger charge is -2.46. The first-order valence-corrected chi connectivity index (χ1v) is 9.56. The fourth-order valence-corrected chi connectivity index (χ4v) is 3.91. The van der Waals surface area contributed by atoms with E-state index in [9.17, 15) is 9.59 Å². The normalized spacial score (nSPS) is 23.5. The maximum Gasteiger partial charge on any atom is 0.222 e. The number of ether oxygens (including phenoxy) is 1. The molecule has 2 heterocycles. The molecule has 2 fully saturated rings. The summed E-state index contributed by atoms with van der Waals surface area (Å²) >= 11 is 0. The van der Waals surface area contributed by atoms with Crippen LogP contribution in [0.3, 0.4) is 0 Å². The standard InChI is InChI=1S/C19H34N2O3/c1-15(2)4-5-18(23)21-11-8-19(9-12-21)14-17(7-13-24-19)6-10-20-16(3)22/h15,17H,4-14H2,1-3H3,(H,20,22). The number of likely N-dealkylation sites (tertiary alicyclic amines) is 1. The number of hydrogen-bond acceptors (Lipinski definition) is 3. The molecule has 5 heteroatoms. The van der Waals surface area contributed by atoms with Crippen LogP contribution in [-0.4, -0.2) is 48.6 Å². The molecule has 1 spiro atoms. The molecule has 0 aromatic rings. The fourth-order valence-electron chi connectivity index (χ4n) is 3.91. The van der Waals surface area contributed by atoms with E-state index in [1.165, 1.54) is 0 Å². The van der Waals surface area contributed by atoms with Gasteiger partial charge in [-0.05, 0) is 50.4 Å². The average Bonchev–Trinajstić information content (AvgIpc) is 2.53. The highest BCUT2D eigenvalue weighted by atomic mass is 16.5. The van der Waals surface area contributed by atoms with Crippen LogP contribution in [0, 0.1) is 11.8 Å². The number of nitrogens with one attached hydrogen (secondary N) is 1. The Bertz CT molecular complexity index is 428. The lowest BCUT2D eigenvalue weighted by atomic mass is 9.78. The Morgan fingerprint density at radius 3 is 2.62 bits per heavy atom. The van der Waals surface area contributed by atoms with Crippen LogP contribution in [0.1, 0.15) is 65.7 Å². The minimum atomic E-state index is -0.0338. The van der Waals surface area contributed by atoms with E-state index in [-0.39, 0.29) is 11.5 Å². The van der Waals surface area contributed by atoms with Gasteiger partial charge in [0, 0.05) is 39.6 Å². The summed E-state index contributed by atoms with van der Waals surface area (Å²) in [5.41, 5.74) is -0.0338. The molecular formula is C19H34N2O3. The van der Waals surface area contributed by atoms with Crippen molar-refractivity contribution >= 4 is 11.8 Å². The minimum absolute atomic E-state index is 0.0338. The first kappa shape index (κ1) is 19.2. The zero-order chi connectivity index (χ0) is 17.6. The highest BCUT2D eigenvalue weighted by Crippen LogP contribution is 2.38. The van der Waals surface area contributed by atoms with Crippen molar-refractivity contribution in [3.63, 3.8) is 0 Å². The molecule has 2 rings (SSSR count). The van der Waals surface area contributed by atoms with Crippen LogP contribution in [0.25, 0.3) is 0 Å². The van der Waals surface area contributed by atoms with Gasteiger partial charge in [0.1, 0.15) is 0 Å². The molecule has 2 aliphatic rings. The smallest absolute Gasteiger partial charge is 0.222 e. The number of piperidine rings is 1. The number of rotatable bonds is 6. The SMILES string of the molecule is CC(=O)NCCC1CCOC2(CCN(C(=O)CCC(C)C)CC2)C1. The molecule has 0 aromatic heterocycles. The molecule has 0 bridgehead atoms. The van der Waals surface area contributed by atoms with Gasteiger partial charge in [-0.3, -0.25) is 9.59 Å². The molecule has 1 atom stereocenters. The summed E-state index contributed by atoms with van der Waals surface area (Å²) in [6, 6.07) is 0. The highest BCUT2D eigenvalue weighted by molar-refractivity contribution is 5.76. The topological polar surface area (TPSA) is 58.6 Å². The van der Waals surface area contributed by atoms with Crippen molar-refractivity contribution in [3.8, 4) is 0 Å². The van der Waals surface area contributed by atoms with E-state index in [1.807, 2.05) is 4.90 Å². The summed E-state index contributed by atoms with van der Waals surface area (Å²) in [7, 11) is 0. The predicted molar refractivity (Wildman–Crippen MR) is 94.6 cm³/mol. The molecule has 2 aliphatic heterocycles. The Morgan fingerprint density at radius 2 is 2.00 bits per heavy atom. The van der Waals surface area contributed by atoms with Crippen molar-refractivity contribution < 1.29 is 14.3 Å². The van der Waals surface area contributed by atoms with E-state index in [0.29, 0.717) is 24.2 Å². The summed E-state index contributed by atoms with van der Waals surface area (Å²) in [5, 5.41) is 2.90. The van der Waals surface area contributed by atoms with Crippen molar-refractivity contribution in [3.05, 3.63) is 0 Å². The summed E-state index contributed by atoms with van der Waals surface area (Å²) in [6.07, 6.45) is 6.74. The monoisotopic (exact) mass is 338 g/mol. The van der Waals surface area contributed by atoms with Crippen LogP contribution >= 0.6 is 0 Å². The van der Waals surface area contributed by atoms with Crippen molar-refractivity contribution in [2.24, 2.45) is 11.8 Å². The second-order valence-corrected chi connectivity index (χ2v) is 7.98. The Labute approximate surface area is 146 Å². The Hall–Kier alpha value is -1.10. The van der Waals surface area contributed by atoms with Crippen molar-refractivity contribution in [1.29, 1.82) is 0 Å². The average molecular weight is 338 g/mol. The molecule has 0 saturated carbocycles. The summed E-state index contributed by atoms with van der Waals surface area (Å²) < 4.78 is 6.17. The number of hydrogen-bond donors (Lipinski definition) is 1. The van der Waals surface area contributed by atoms with Gasteiger partial charge in [-0.1, -0.05) is 13.8 Å². The van der Waals surface area contributed by atoms with Crippen LogP contribution in [0.15, 0.2) is 0 Å². The van der Waals surface area contributed by atoms with Crippen LogP contribution in [0.2, 0.25) is 0 Å². The maximum atomic E-state index is 12.3. The molecule has 24 heavy (non-hydrogen) atoms. The quantitative estimate of drug-likeness (QED) is 0.810. The molecule has 1 N–H and O–H groups in total.